The second kappa shape index (κ2) is 5.74. The molecular weight excluding hydrogens is 232 g/mol. The summed E-state index contributed by atoms with van der Waals surface area (Å²) in [5.74, 6) is -0.940. The molecule has 1 nitrogen and oxygen atoms in total. The summed E-state index contributed by atoms with van der Waals surface area (Å²) >= 11 is 0. The summed E-state index contributed by atoms with van der Waals surface area (Å²) in [6.45, 7) is 1.09. The van der Waals surface area contributed by atoms with Crippen molar-refractivity contribution >= 4 is 0 Å². The van der Waals surface area contributed by atoms with Crippen LogP contribution in [0.3, 0.4) is 0 Å². The smallest absolute Gasteiger partial charge is 0.135 e. The average molecular weight is 248 g/mol. The number of quaternary nitrogens is 1. The van der Waals surface area contributed by atoms with Gasteiger partial charge in [0.2, 0.25) is 0 Å². The van der Waals surface area contributed by atoms with Gasteiger partial charge in [0.1, 0.15) is 24.7 Å². The van der Waals surface area contributed by atoms with Crippen LogP contribution in [-0.2, 0) is 13.1 Å². The summed E-state index contributed by atoms with van der Waals surface area (Å²) in [6, 6.07) is 13.9. The Morgan fingerprint density at radius 2 is 1.44 bits per heavy atom. The minimum absolute atomic E-state index is 0.158. The van der Waals surface area contributed by atoms with Crippen LogP contribution in [0.1, 0.15) is 11.1 Å². The van der Waals surface area contributed by atoms with Gasteiger partial charge >= 0.3 is 0 Å². The van der Waals surface area contributed by atoms with E-state index in [-0.39, 0.29) is 5.56 Å². The van der Waals surface area contributed by atoms with Crippen molar-refractivity contribution in [1.82, 2.24) is 0 Å². The molecule has 18 heavy (non-hydrogen) atoms. The van der Waals surface area contributed by atoms with E-state index in [4.69, 9.17) is 0 Å². The predicted molar refractivity (Wildman–Crippen MR) is 67.1 cm³/mol. The van der Waals surface area contributed by atoms with E-state index in [1.54, 1.807) is 0 Å². The number of hydrogen-bond acceptors (Lipinski definition) is 0. The molecular formula is C15H16F2N+. The highest BCUT2D eigenvalue weighted by Gasteiger charge is 2.13. The van der Waals surface area contributed by atoms with Crippen molar-refractivity contribution in [2.24, 2.45) is 0 Å². The number of hydrogen-bond donors (Lipinski definition) is 1. The molecule has 0 heterocycles. The molecule has 0 radical (unpaired) electrons. The molecule has 0 amide bonds. The Hall–Kier alpha value is -1.74. The average Bonchev–Trinajstić information content (AvgIpc) is 2.35. The van der Waals surface area contributed by atoms with Gasteiger partial charge in [0.15, 0.2) is 0 Å². The summed E-state index contributed by atoms with van der Waals surface area (Å²) in [7, 11) is 1.93. The fraction of sp³-hybridized carbons (Fsp3) is 0.200. The van der Waals surface area contributed by atoms with E-state index in [1.807, 2.05) is 37.4 Å². The van der Waals surface area contributed by atoms with Crippen LogP contribution in [-0.4, -0.2) is 7.05 Å². The van der Waals surface area contributed by atoms with E-state index in [9.17, 15) is 8.78 Å². The molecule has 0 aliphatic carbocycles. The van der Waals surface area contributed by atoms with Crippen molar-refractivity contribution in [3.8, 4) is 0 Å². The van der Waals surface area contributed by atoms with E-state index in [0.29, 0.717) is 6.54 Å². The van der Waals surface area contributed by atoms with E-state index in [2.05, 4.69) is 0 Å². The SMILES string of the molecule is C[NH+](Cc1ccccc1)Cc1c(F)cccc1F. The third-order valence-corrected chi connectivity index (χ3v) is 2.89. The zero-order valence-electron chi connectivity index (χ0n) is 10.3. The van der Waals surface area contributed by atoms with Crippen LogP contribution in [0.15, 0.2) is 48.5 Å². The van der Waals surface area contributed by atoms with Gasteiger partial charge in [-0.2, -0.15) is 0 Å². The van der Waals surface area contributed by atoms with Crippen LogP contribution in [0.4, 0.5) is 8.78 Å². The van der Waals surface area contributed by atoms with Crippen molar-refractivity contribution in [1.29, 1.82) is 0 Å². The Balaban J connectivity index is 2.06. The molecule has 0 aliphatic rings. The highest BCUT2D eigenvalue weighted by atomic mass is 19.1. The lowest BCUT2D eigenvalue weighted by Crippen LogP contribution is -3.06. The van der Waals surface area contributed by atoms with Crippen molar-refractivity contribution in [3.05, 3.63) is 71.3 Å². The van der Waals surface area contributed by atoms with Crippen LogP contribution < -0.4 is 4.90 Å². The lowest BCUT2D eigenvalue weighted by atomic mass is 10.1. The summed E-state index contributed by atoms with van der Waals surface area (Å²) in [5, 5.41) is 0. The largest absolute Gasteiger partial charge is 0.330 e. The predicted octanol–water partition coefficient (Wildman–Crippen LogP) is 2.18. The number of nitrogens with one attached hydrogen (secondary N) is 1. The van der Waals surface area contributed by atoms with E-state index < -0.39 is 11.6 Å². The molecule has 1 atom stereocenters. The van der Waals surface area contributed by atoms with Gasteiger partial charge in [0.05, 0.1) is 12.6 Å². The van der Waals surface area contributed by atoms with Crippen molar-refractivity contribution in [3.63, 3.8) is 0 Å². The molecule has 0 saturated heterocycles. The van der Waals surface area contributed by atoms with Crippen LogP contribution >= 0.6 is 0 Å². The first-order valence-corrected chi connectivity index (χ1v) is 5.95. The van der Waals surface area contributed by atoms with E-state index >= 15 is 0 Å². The minimum atomic E-state index is -0.470. The molecule has 1 N–H and O–H groups in total. The van der Waals surface area contributed by atoms with Gasteiger partial charge in [-0.1, -0.05) is 36.4 Å². The van der Waals surface area contributed by atoms with Crippen molar-refractivity contribution in [2.45, 2.75) is 13.1 Å². The lowest BCUT2D eigenvalue weighted by molar-refractivity contribution is -0.908. The molecule has 0 spiro atoms. The van der Waals surface area contributed by atoms with Gasteiger partial charge in [-0.3, -0.25) is 0 Å². The maximum absolute atomic E-state index is 13.5. The molecule has 2 aromatic carbocycles. The van der Waals surface area contributed by atoms with Crippen molar-refractivity contribution < 1.29 is 13.7 Å². The first kappa shape index (κ1) is 12.7. The molecule has 0 fully saturated rings. The highest BCUT2D eigenvalue weighted by Crippen LogP contribution is 2.10. The van der Waals surface area contributed by atoms with Crippen LogP contribution in [0, 0.1) is 11.6 Å². The van der Waals surface area contributed by atoms with Gasteiger partial charge in [-0.05, 0) is 12.1 Å². The molecule has 0 aromatic heterocycles. The number of halogens is 2. The molecule has 0 aliphatic heterocycles. The van der Waals surface area contributed by atoms with Crippen LogP contribution in [0.25, 0.3) is 0 Å². The number of benzene rings is 2. The molecule has 0 saturated carbocycles. The van der Waals surface area contributed by atoms with E-state index in [1.165, 1.54) is 18.2 Å². The van der Waals surface area contributed by atoms with Crippen LogP contribution in [0.5, 0.6) is 0 Å². The molecule has 0 bridgehead atoms. The first-order chi connectivity index (χ1) is 8.66. The van der Waals surface area contributed by atoms with Gasteiger partial charge < -0.3 is 4.90 Å². The lowest BCUT2D eigenvalue weighted by Gasteiger charge is -2.15. The zero-order chi connectivity index (χ0) is 13.0. The Morgan fingerprint density at radius 3 is 2.06 bits per heavy atom. The summed E-state index contributed by atoms with van der Waals surface area (Å²) < 4.78 is 27.0. The standard InChI is InChI=1S/C15H15F2N/c1-18(10-12-6-3-2-4-7-12)11-13-14(16)8-5-9-15(13)17/h2-9H,10-11H2,1H3/p+1. The summed E-state index contributed by atoms with van der Waals surface area (Å²) in [6.07, 6.45) is 0. The normalized spacial score (nSPS) is 12.4. The fourth-order valence-electron chi connectivity index (χ4n) is 2.01. The minimum Gasteiger partial charge on any atom is -0.330 e. The second-order valence-electron chi connectivity index (χ2n) is 4.50. The Morgan fingerprint density at radius 1 is 0.833 bits per heavy atom. The molecule has 2 rings (SSSR count). The highest BCUT2D eigenvalue weighted by molar-refractivity contribution is 5.18. The van der Waals surface area contributed by atoms with Gasteiger partial charge in [-0.25, -0.2) is 8.78 Å². The van der Waals surface area contributed by atoms with E-state index in [0.717, 1.165) is 17.0 Å². The topological polar surface area (TPSA) is 4.44 Å². The summed E-state index contributed by atoms with van der Waals surface area (Å²) in [4.78, 5) is 1.05. The monoisotopic (exact) mass is 248 g/mol. The molecule has 1 unspecified atom stereocenters. The van der Waals surface area contributed by atoms with Gasteiger partial charge in [0.25, 0.3) is 0 Å². The fourth-order valence-corrected chi connectivity index (χ4v) is 2.01. The van der Waals surface area contributed by atoms with Gasteiger partial charge in [-0.15, -0.1) is 0 Å². The third kappa shape index (κ3) is 3.14. The second-order valence-corrected chi connectivity index (χ2v) is 4.50. The number of rotatable bonds is 4. The summed E-state index contributed by atoms with van der Waals surface area (Å²) in [5.41, 5.74) is 1.32. The maximum atomic E-state index is 13.5. The van der Waals surface area contributed by atoms with Crippen LogP contribution in [0.2, 0.25) is 0 Å². The molecule has 94 valence electrons. The molecule has 3 heteroatoms. The Labute approximate surface area is 106 Å². The quantitative estimate of drug-likeness (QED) is 0.846. The zero-order valence-corrected chi connectivity index (χ0v) is 10.3. The first-order valence-electron chi connectivity index (χ1n) is 5.95. The third-order valence-electron chi connectivity index (χ3n) is 2.89. The Bertz CT molecular complexity index is 491. The molecule has 2 aromatic rings. The Kier molecular flexibility index (Phi) is 4.05. The van der Waals surface area contributed by atoms with Gasteiger partial charge in [0, 0.05) is 5.56 Å². The maximum Gasteiger partial charge on any atom is 0.135 e. The van der Waals surface area contributed by atoms with Crippen molar-refractivity contribution in [2.75, 3.05) is 7.05 Å².